The molecule has 0 aromatic heterocycles. The highest BCUT2D eigenvalue weighted by Gasteiger charge is 2.05. The first-order valence-corrected chi connectivity index (χ1v) is 5.24. The summed E-state index contributed by atoms with van der Waals surface area (Å²) in [4.78, 5) is 10.6. The van der Waals surface area contributed by atoms with Crippen LogP contribution in [0.15, 0.2) is 12.1 Å². The van der Waals surface area contributed by atoms with E-state index in [-0.39, 0.29) is 12.5 Å². The maximum atomic E-state index is 10.6. The minimum Gasteiger partial charge on any atom is -0.397 e. The topological polar surface area (TPSA) is 55.1 Å². The fourth-order valence-corrected chi connectivity index (χ4v) is 1.35. The van der Waals surface area contributed by atoms with Gasteiger partial charge in [-0.15, -0.1) is 0 Å². The first-order chi connectivity index (χ1) is 7.52. The van der Waals surface area contributed by atoms with Crippen LogP contribution >= 0.6 is 23.2 Å². The van der Waals surface area contributed by atoms with Crippen LogP contribution in [0.1, 0.15) is 12.5 Å². The number of carbonyl (C=O) groups is 1. The van der Waals surface area contributed by atoms with Crippen molar-refractivity contribution in [1.82, 2.24) is 5.32 Å². The number of benzene rings is 1. The van der Waals surface area contributed by atoms with Crippen LogP contribution in [0.2, 0.25) is 10.0 Å². The third-order valence-corrected chi connectivity index (χ3v) is 2.66. The van der Waals surface area contributed by atoms with Gasteiger partial charge in [0.2, 0.25) is 5.91 Å². The van der Waals surface area contributed by atoms with Crippen molar-refractivity contribution in [2.45, 2.75) is 6.92 Å². The molecule has 0 heterocycles. The van der Waals surface area contributed by atoms with Gasteiger partial charge in [0.25, 0.3) is 0 Å². The van der Waals surface area contributed by atoms with Crippen LogP contribution in [-0.4, -0.2) is 12.5 Å². The number of hydrogen-bond acceptors (Lipinski definition) is 2. The van der Waals surface area contributed by atoms with Crippen molar-refractivity contribution in [2.75, 3.05) is 12.3 Å². The van der Waals surface area contributed by atoms with Gasteiger partial charge in [-0.05, 0) is 12.1 Å². The molecular formula is C11H10Cl2N2O. The van der Waals surface area contributed by atoms with E-state index in [1.807, 2.05) is 0 Å². The number of nitrogens with two attached hydrogens (primary N) is 1. The maximum absolute atomic E-state index is 10.6. The standard InChI is InChI=1S/C11H10Cl2N2O/c1-7(16)15-6-2-3-8-4-5-9(14)11(13)10(8)12/h4-5H,6,14H2,1H3,(H,15,16). The van der Waals surface area contributed by atoms with Crippen molar-refractivity contribution < 1.29 is 4.79 Å². The van der Waals surface area contributed by atoms with Gasteiger partial charge in [0.05, 0.1) is 22.3 Å². The lowest BCUT2D eigenvalue weighted by atomic mass is 10.2. The van der Waals surface area contributed by atoms with Crippen molar-refractivity contribution in [3.05, 3.63) is 27.7 Å². The van der Waals surface area contributed by atoms with Gasteiger partial charge in [0, 0.05) is 12.5 Å². The second kappa shape index (κ2) is 5.64. The van der Waals surface area contributed by atoms with Gasteiger partial charge in [-0.3, -0.25) is 4.79 Å². The van der Waals surface area contributed by atoms with Crippen LogP contribution in [0.3, 0.4) is 0 Å². The fourth-order valence-electron chi connectivity index (χ4n) is 0.969. The molecule has 5 heteroatoms. The Morgan fingerprint density at radius 3 is 2.75 bits per heavy atom. The number of rotatable bonds is 1. The molecule has 0 fully saturated rings. The Hall–Kier alpha value is -1.37. The van der Waals surface area contributed by atoms with E-state index in [1.165, 1.54) is 6.92 Å². The van der Waals surface area contributed by atoms with Crippen LogP contribution in [0, 0.1) is 11.8 Å². The Labute approximate surface area is 104 Å². The summed E-state index contributed by atoms with van der Waals surface area (Å²) in [6.07, 6.45) is 0. The molecule has 0 aliphatic carbocycles. The second-order valence-electron chi connectivity index (χ2n) is 3.04. The Morgan fingerprint density at radius 2 is 2.12 bits per heavy atom. The van der Waals surface area contributed by atoms with Crippen LogP contribution in [0.5, 0.6) is 0 Å². The summed E-state index contributed by atoms with van der Waals surface area (Å²) in [7, 11) is 0. The lowest BCUT2D eigenvalue weighted by Gasteiger charge is -2.02. The highest BCUT2D eigenvalue weighted by Crippen LogP contribution is 2.30. The molecule has 1 aromatic rings. The first-order valence-electron chi connectivity index (χ1n) is 4.49. The number of nitrogen functional groups attached to an aromatic ring is 1. The summed E-state index contributed by atoms with van der Waals surface area (Å²) in [6, 6.07) is 3.32. The number of amides is 1. The number of carbonyl (C=O) groups excluding carboxylic acids is 1. The van der Waals surface area contributed by atoms with Crippen LogP contribution in [0.4, 0.5) is 5.69 Å². The fraction of sp³-hybridized carbons (Fsp3) is 0.182. The average molecular weight is 257 g/mol. The molecular weight excluding hydrogens is 247 g/mol. The molecule has 1 rings (SSSR count). The SMILES string of the molecule is CC(=O)NCC#Cc1ccc(N)c(Cl)c1Cl. The van der Waals surface area contributed by atoms with E-state index < -0.39 is 0 Å². The van der Waals surface area contributed by atoms with E-state index >= 15 is 0 Å². The molecule has 0 saturated heterocycles. The first kappa shape index (κ1) is 12.7. The predicted molar refractivity (Wildman–Crippen MR) is 66.4 cm³/mol. The molecule has 0 saturated carbocycles. The third kappa shape index (κ3) is 3.34. The Balaban J connectivity index is 2.82. The van der Waals surface area contributed by atoms with Crippen molar-refractivity contribution in [1.29, 1.82) is 0 Å². The number of hydrogen-bond donors (Lipinski definition) is 2. The summed E-state index contributed by atoms with van der Waals surface area (Å²) < 4.78 is 0. The summed E-state index contributed by atoms with van der Waals surface area (Å²) in [5.41, 5.74) is 6.57. The summed E-state index contributed by atoms with van der Waals surface area (Å²) in [5, 5.41) is 3.18. The molecule has 0 radical (unpaired) electrons. The summed E-state index contributed by atoms with van der Waals surface area (Å²) in [6.45, 7) is 1.70. The van der Waals surface area contributed by atoms with Gasteiger partial charge < -0.3 is 11.1 Å². The normalized spacial score (nSPS) is 9.19. The Bertz CT molecular complexity index is 475. The molecule has 3 N–H and O–H groups in total. The van der Waals surface area contributed by atoms with Gasteiger partial charge >= 0.3 is 0 Å². The summed E-state index contributed by atoms with van der Waals surface area (Å²) in [5.74, 6) is 5.43. The maximum Gasteiger partial charge on any atom is 0.217 e. The van der Waals surface area contributed by atoms with Gasteiger partial charge in [0.1, 0.15) is 0 Å². The van der Waals surface area contributed by atoms with Crippen molar-refractivity contribution >= 4 is 34.8 Å². The Morgan fingerprint density at radius 1 is 1.44 bits per heavy atom. The Kier molecular flexibility index (Phi) is 4.48. The number of halogens is 2. The molecule has 0 unspecified atom stereocenters. The molecule has 1 aromatic carbocycles. The highest BCUT2D eigenvalue weighted by molar-refractivity contribution is 6.44. The van der Waals surface area contributed by atoms with E-state index in [4.69, 9.17) is 28.9 Å². The zero-order valence-corrected chi connectivity index (χ0v) is 10.1. The summed E-state index contributed by atoms with van der Waals surface area (Å²) >= 11 is 11.8. The highest BCUT2D eigenvalue weighted by atomic mass is 35.5. The molecule has 0 spiro atoms. The van der Waals surface area contributed by atoms with Crippen LogP contribution < -0.4 is 11.1 Å². The molecule has 3 nitrogen and oxygen atoms in total. The average Bonchev–Trinajstić information content (AvgIpc) is 2.23. The largest absolute Gasteiger partial charge is 0.397 e. The van der Waals surface area contributed by atoms with E-state index in [9.17, 15) is 4.79 Å². The molecule has 0 bridgehead atoms. The zero-order chi connectivity index (χ0) is 12.1. The van der Waals surface area contributed by atoms with Gasteiger partial charge in [-0.25, -0.2) is 0 Å². The molecule has 1 amide bonds. The monoisotopic (exact) mass is 256 g/mol. The van der Waals surface area contributed by atoms with E-state index in [2.05, 4.69) is 17.2 Å². The molecule has 0 aliphatic rings. The van der Waals surface area contributed by atoms with E-state index in [0.717, 1.165) is 0 Å². The zero-order valence-electron chi connectivity index (χ0n) is 8.60. The van der Waals surface area contributed by atoms with Gasteiger partial charge in [0.15, 0.2) is 0 Å². The molecule has 84 valence electrons. The minimum atomic E-state index is -0.129. The van der Waals surface area contributed by atoms with Crippen molar-refractivity contribution in [3.8, 4) is 11.8 Å². The van der Waals surface area contributed by atoms with Crippen molar-refractivity contribution in [2.24, 2.45) is 0 Å². The third-order valence-electron chi connectivity index (χ3n) is 1.76. The van der Waals surface area contributed by atoms with E-state index in [0.29, 0.717) is 21.3 Å². The van der Waals surface area contributed by atoms with Gasteiger partial charge in [-0.2, -0.15) is 0 Å². The molecule has 16 heavy (non-hydrogen) atoms. The molecule has 0 aliphatic heterocycles. The van der Waals surface area contributed by atoms with E-state index in [1.54, 1.807) is 12.1 Å². The lowest BCUT2D eigenvalue weighted by Crippen LogP contribution is -2.19. The van der Waals surface area contributed by atoms with Crippen molar-refractivity contribution in [3.63, 3.8) is 0 Å². The van der Waals surface area contributed by atoms with Crippen LogP contribution in [0.25, 0.3) is 0 Å². The smallest absolute Gasteiger partial charge is 0.217 e. The number of anilines is 1. The quantitative estimate of drug-likeness (QED) is 0.597. The predicted octanol–water partition coefficient (Wildman–Crippen LogP) is 2.06. The van der Waals surface area contributed by atoms with Crippen LogP contribution in [-0.2, 0) is 4.79 Å². The number of nitrogens with one attached hydrogen (secondary N) is 1. The lowest BCUT2D eigenvalue weighted by molar-refractivity contribution is -0.118. The van der Waals surface area contributed by atoms with Gasteiger partial charge in [-0.1, -0.05) is 35.0 Å². The second-order valence-corrected chi connectivity index (χ2v) is 3.80. The minimum absolute atomic E-state index is 0.129. The molecule has 0 atom stereocenters.